The molecule has 0 aromatic carbocycles. The van der Waals surface area contributed by atoms with Gasteiger partial charge in [0.15, 0.2) is 0 Å². The summed E-state index contributed by atoms with van der Waals surface area (Å²) in [5.41, 5.74) is 0. The van der Waals surface area contributed by atoms with Crippen molar-refractivity contribution in [2.24, 2.45) is 0 Å². The molecule has 0 aromatic rings. The minimum atomic E-state index is -0.490. The molecule has 6 unspecified atom stereocenters. The van der Waals surface area contributed by atoms with Crippen molar-refractivity contribution < 1.29 is 9.32 Å². The van der Waals surface area contributed by atoms with Gasteiger partial charge < -0.3 is 9.61 Å². The number of carbonyl (C=O) groups is 1. The molecule has 0 aliphatic heterocycles. The maximum absolute atomic E-state index is 11.2. The highest BCUT2D eigenvalue weighted by atomic mass is 32.4. The van der Waals surface area contributed by atoms with E-state index in [1.54, 1.807) is 0 Å². The topological polar surface area (TPSA) is 50.4 Å². The lowest BCUT2D eigenvalue weighted by molar-refractivity contribution is -0.119. The summed E-state index contributed by atoms with van der Waals surface area (Å²) >= 11 is 0. The van der Waals surface area contributed by atoms with E-state index in [0.717, 1.165) is 6.42 Å². The molecule has 0 aliphatic rings. The highest BCUT2D eigenvalue weighted by Crippen LogP contribution is 2.53. The van der Waals surface area contributed by atoms with Crippen LogP contribution in [0.3, 0.4) is 0 Å². The van der Waals surface area contributed by atoms with Gasteiger partial charge >= 0.3 is 0 Å². The van der Waals surface area contributed by atoms with Crippen LogP contribution in [0.4, 0.5) is 0 Å². The SMILES string of the molecule is O=C(CCC(COP(P)P)NP)NPP. The number of hydrogen-bond acceptors (Lipinski definition) is 3. The average Bonchev–Trinajstić information content (AvgIpc) is 2.18. The Hall–Kier alpha value is 1.97. The fourth-order valence-electron chi connectivity index (χ4n) is 0.839. The first kappa shape index (κ1) is 17.0. The Morgan fingerprint density at radius 1 is 1.53 bits per heavy atom. The van der Waals surface area contributed by atoms with Gasteiger partial charge in [0.25, 0.3) is 0 Å². The third-order valence-corrected chi connectivity index (χ3v) is 4.26. The van der Waals surface area contributed by atoms with Crippen molar-refractivity contribution in [2.45, 2.75) is 18.9 Å². The van der Waals surface area contributed by atoms with Crippen molar-refractivity contribution in [3.05, 3.63) is 0 Å². The van der Waals surface area contributed by atoms with Crippen molar-refractivity contribution >= 4 is 58.0 Å². The summed E-state index contributed by atoms with van der Waals surface area (Å²) in [7, 11) is 10.1. The fourth-order valence-corrected chi connectivity index (χ4v) is 2.74. The van der Waals surface area contributed by atoms with Crippen LogP contribution in [0.1, 0.15) is 12.8 Å². The monoisotopic (exact) mass is 324 g/mol. The Balaban J connectivity index is 3.65. The lowest BCUT2D eigenvalue weighted by atomic mass is 10.2. The molecular weight excluding hydrogens is 306 g/mol. The molecule has 0 rings (SSSR count). The largest absolute Gasteiger partial charge is 0.350 e. The highest BCUT2D eigenvalue weighted by molar-refractivity contribution is 8.41. The molecule has 15 heavy (non-hydrogen) atoms. The maximum atomic E-state index is 11.2. The number of hydrogen-bond donors (Lipinski definition) is 2. The van der Waals surface area contributed by atoms with E-state index in [1.807, 2.05) is 0 Å². The molecule has 0 saturated carbocycles. The number of carbonyl (C=O) groups excluding carboxylic acids is 1. The normalized spacial score (nSPS) is 13.7. The van der Waals surface area contributed by atoms with Crippen LogP contribution in [0.15, 0.2) is 0 Å². The summed E-state index contributed by atoms with van der Waals surface area (Å²) in [5, 5.41) is 5.82. The second kappa shape index (κ2) is 11.1. The molecule has 0 fully saturated rings. The second-order valence-corrected chi connectivity index (χ2v) is 10.3. The van der Waals surface area contributed by atoms with Crippen molar-refractivity contribution in [2.75, 3.05) is 6.61 Å². The van der Waals surface area contributed by atoms with Crippen LogP contribution in [0.25, 0.3) is 0 Å². The van der Waals surface area contributed by atoms with Crippen molar-refractivity contribution in [3.8, 4) is 0 Å². The molecule has 90 valence electrons. The third kappa shape index (κ3) is 10.8. The Kier molecular flexibility index (Phi) is 12.5. The van der Waals surface area contributed by atoms with Crippen molar-refractivity contribution in [1.82, 2.24) is 10.2 Å². The Morgan fingerprint density at radius 3 is 2.67 bits per heavy atom. The summed E-state index contributed by atoms with van der Waals surface area (Å²) in [6, 6.07) is 0.208. The van der Waals surface area contributed by atoms with E-state index in [0.29, 0.717) is 21.4 Å². The number of rotatable bonds is 8. The van der Waals surface area contributed by atoms with Crippen LogP contribution in [0.2, 0.25) is 0 Å². The molecule has 2 N–H and O–H groups in total. The number of amides is 1. The van der Waals surface area contributed by atoms with Crippen LogP contribution >= 0.6 is 52.1 Å². The van der Waals surface area contributed by atoms with E-state index < -0.39 is 7.53 Å². The molecule has 0 heterocycles. The van der Waals surface area contributed by atoms with E-state index in [-0.39, 0.29) is 11.9 Å². The van der Waals surface area contributed by atoms with Gasteiger partial charge in [0.2, 0.25) is 5.91 Å². The predicted octanol–water partition coefficient (Wildman–Crippen LogP) is 2.01. The lowest BCUT2D eigenvalue weighted by Crippen LogP contribution is -2.27. The molecule has 0 aromatic heterocycles. The average molecular weight is 324 g/mol. The van der Waals surface area contributed by atoms with E-state index in [1.165, 1.54) is 0 Å². The molecule has 4 nitrogen and oxygen atoms in total. The van der Waals surface area contributed by atoms with Gasteiger partial charge in [-0.15, -0.1) is 0 Å². The molecular formula is C5H18N2O2P6. The summed E-state index contributed by atoms with van der Waals surface area (Å²) in [5.74, 6) is 0.0904. The minimum absolute atomic E-state index is 0.0904. The van der Waals surface area contributed by atoms with E-state index >= 15 is 0 Å². The van der Waals surface area contributed by atoms with Gasteiger partial charge in [0, 0.05) is 12.5 Å². The molecule has 0 radical (unpaired) electrons. The number of nitrogens with one attached hydrogen (secondary N) is 2. The van der Waals surface area contributed by atoms with Crippen molar-refractivity contribution in [1.29, 1.82) is 0 Å². The molecule has 0 aliphatic carbocycles. The van der Waals surface area contributed by atoms with Gasteiger partial charge in [-0.2, -0.15) is 0 Å². The summed E-state index contributed by atoms with van der Waals surface area (Å²) in [6.45, 7) is 0.624. The van der Waals surface area contributed by atoms with E-state index in [2.05, 4.69) is 46.4 Å². The minimum Gasteiger partial charge on any atom is -0.350 e. The van der Waals surface area contributed by atoms with Crippen LogP contribution in [-0.2, 0) is 9.32 Å². The van der Waals surface area contributed by atoms with Gasteiger partial charge in [-0.3, -0.25) is 9.88 Å². The molecule has 0 saturated heterocycles. The molecule has 1 amide bonds. The quantitative estimate of drug-likeness (QED) is 0.672. The Morgan fingerprint density at radius 2 is 2.20 bits per heavy atom. The first-order valence-electron chi connectivity index (χ1n) is 4.23. The zero-order valence-corrected chi connectivity index (χ0v) is 14.8. The van der Waals surface area contributed by atoms with Gasteiger partial charge in [0.1, 0.15) is 0 Å². The summed E-state index contributed by atoms with van der Waals surface area (Å²) < 4.78 is 5.47. The zero-order chi connectivity index (χ0) is 11.7. The van der Waals surface area contributed by atoms with Crippen LogP contribution < -0.4 is 10.2 Å². The first-order valence-corrected chi connectivity index (χ1v) is 12.1. The van der Waals surface area contributed by atoms with Crippen LogP contribution in [0.5, 0.6) is 0 Å². The standard InChI is InChI=1S/C5H18N2O2P6/c8-5(7-14-11)2-1-4(6-10)3-9-15(12)13/h4,6,14H,1-3,10-13H2,(H,7,8). The third-order valence-electron chi connectivity index (χ3n) is 1.59. The van der Waals surface area contributed by atoms with Gasteiger partial charge in [0.05, 0.1) is 14.1 Å². The van der Waals surface area contributed by atoms with Crippen LogP contribution in [-0.4, -0.2) is 18.6 Å². The molecule has 0 bridgehead atoms. The van der Waals surface area contributed by atoms with E-state index in [4.69, 9.17) is 4.52 Å². The van der Waals surface area contributed by atoms with Gasteiger partial charge in [-0.05, 0) is 14.8 Å². The Labute approximate surface area is 103 Å². The fraction of sp³-hybridized carbons (Fsp3) is 0.800. The summed E-state index contributed by atoms with van der Waals surface area (Å²) in [6.07, 6.45) is 1.31. The molecule has 10 heteroatoms. The van der Waals surface area contributed by atoms with Gasteiger partial charge in [-0.1, -0.05) is 36.2 Å². The Bertz CT molecular complexity index is 183. The van der Waals surface area contributed by atoms with Crippen LogP contribution in [0, 0.1) is 0 Å². The first-order chi connectivity index (χ1) is 7.10. The van der Waals surface area contributed by atoms with Gasteiger partial charge in [-0.25, -0.2) is 0 Å². The van der Waals surface area contributed by atoms with E-state index in [9.17, 15) is 4.79 Å². The molecule has 0 spiro atoms. The maximum Gasteiger partial charge on any atom is 0.223 e. The predicted molar refractivity (Wildman–Crippen MR) is 84.3 cm³/mol. The second-order valence-electron chi connectivity index (χ2n) is 2.75. The zero-order valence-electron chi connectivity index (χ0n) is 8.27. The lowest BCUT2D eigenvalue weighted by Gasteiger charge is -2.17. The highest BCUT2D eigenvalue weighted by Gasteiger charge is 2.10. The summed E-state index contributed by atoms with van der Waals surface area (Å²) in [4.78, 5) is 11.2. The van der Waals surface area contributed by atoms with Crippen molar-refractivity contribution in [3.63, 3.8) is 0 Å². The molecule has 6 atom stereocenters. The smallest absolute Gasteiger partial charge is 0.223 e.